The Morgan fingerprint density at radius 1 is 1.43 bits per heavy atom. The second-order valence-corrected chi connectivity index (χ2v) is 5.87. The normalized spacial score (nSPS) is 25.0. The molecule has 1 N–H and O–H groups in total. The van der Waals surface area contributed by atoms with Crippen LogP contribution < -0.4 is 0 Å². The van der Waals surface area contributed by atoms with E-state index in [2.05, 4.69) is 0 Å². The maximum Gasteiger partial charge on any atom is 0.249 e. The van der Waals surface area contributed by atoms with Gasteiger partial charge in [0.15, 0.2) is 0 Å². The average molecular weight is 322 g/mol. The summed E-state index contributed by atoms with van der Waals surface area (Å²) in [7, 11) is 0. The highest BCUT2D eigenvalue weighted by molar-refractivity contribution is 5.86. The van der Waals surface area contributed by atoms with Crippen LogP contribution in [-0.4, -0.2) is 65.7 Å². The van der Waals surface area contributed by atoms with Crippen LogP contribution in [0.15, 0.2) is 24.3 Å². The van der Waals surface area contributed by atoms with E-state index in [1.54, 1.807) is 12.1 Å². The highest BCUT2D eigenvalue weighted by atomic mass is 19.1. The van der Waals surface area contributed by atoms with Gasteiger partial charge in [0.1, 0.15) is 12.4 Å². The number of benzene rings is 1. The van der Waals surface area contributed by atoms with Gasteiger partial charge < -0.3 is 19.6 Å². The van der Waals surface area contributed by atoms with Crippen LogP contribution in [0, 0.1) is 5.82 Å². The van der Waals surface area contributed by atoms with Crippen LogP contribution in [0.2, 0.25) is 0 Å². The van der Waals surface area contributed by atoms with Crippen molar-refractivity contribution in [3.05, 3.63) is 35.6 Å². The molecule has 124 valence electrons. The fourth-order valence-electron chi connectivity index (χ4n) is 3.09. The van der Waals surface area contributed by atoms with Crippen LogP contribution in [-0.2, 0) is 14.3 Å². The summed E-state index contributed by atoms with van der Waals surface area (Å²) in [6.07, 6.45) is -0.278. The molecule has 1 aromatic carbocycles. The first-order valence-electron chi connectivity index (χ1n) is 7.63. The maximum atomic E-state index is 13.4. The van der Waals surface area contributed by atoms with Gasteiger partial charge in [-0.3, -0.25) is 9.59 Å². The van der Waals surface area contributed by atoms with Crippen molar-refractivity contribution in [1.82, 2.24) is 9.80 Å². The molecule has 1 aromatic rings. The van der Waals surface area contributed by atoms with Crippen molar-refractivity contribution in [2.24, 2.45) is 0 Å². The summed E-state index contributed by atoms with van der Waals surface area (Å²) < 4.78 is 18.5. The van der Waals surface area contributed by atoms with Crippen molar-refractivity contribution in [1.29, 1.82) is 0 Å². The van der Waals surface area contributed by atoms with Crippen LogP contribution in [0.1, 0.15) is 18.0 Å². The van der Waals surface area contributed by atoms with Crippen LogP contribution in [0.4, 0.5) is 4.39 Å². The predicted molar refractivity (Wildman–Crippen MR) is 78.9 cm³/mol. The molecule has 2 unspecified atom stereocenters. The van der Waals surface area contributed by atoms with Gasteiger partial charge in [-0.1, -0.05) is 12.1 Å². The quantitative estimate of drug-likeness (QED) is 0.870. The molecule has 0 aromatic heterocycles. The fraction of sp³-hybridized carbons (Fsp3) is 0.500. The van der Waals surface area contributed by atoms with Gasteiger partial charge in [0.25, 0.3) is 0 Å². The van der Waals surface area contributed by atoms with E-state index < -0.39 is 6.10 Å². The second kappa shape index (κ2) is 6.64. The number of ether oxygens (including phenoxy) is 1. The summed E-state index contributed by atoms with van der Waals surface area (Å²) in [5.41, 5.74) is 0.656. The lowest BCUT2D eigenvalue weighted by atomic mass is 10.0. The fourth-order valence-corrected chi connectivity index (χ4v) is 3.09. The summed E-state index contributed by atoms with van der Waals surface area (Å²) in [5, 5.41) is 9.92. The van der Waals surface area contributed by atoms with Crippen LogP contribution in [0.25, 0.3) is 0 Å². The number of aliphatic hydroxyl groups is 1. The Balaban J connectivity index is 1.73. The molecule has 7 heteroatoms. The molecule has 0 radical (unpaired) electrons. The molecule has 2 amide bonds. The van der Waals surface area contributed by atoms with E-state index in [4.69, 9.17) is 4.74 Å². The first-order chi connectivity index (χ1) is 11.0. The van der Waals surface area contributed by atoms with Crippen molar-refractivity contribution in [2.75, 3.05) is 32.8 Å². The number of rotatable bonds is 3. The standard InChI is InChI=1S/C16H19FN2O4/c17-12-3-1-2-11(6-12)14-7-13(20)8-19(14)15(21)9-18-4-5-23-10-16(18)22/h1-3,6,13-14,20H,4-5,7-10H2. The number of nitrogens with zero attached hydrogens (tertiary/aromatic N) is 2. The molecule has 0 spiro atoms. The topological polar surface area (TPSA) is 70.1 Å². The predicted octanol–water partition coefficient (Wildman–Crippen LogP) is 0.319. The third-order valence-corrected chi connectivity index (χ3v) is 4.24. The van der Waals surface area contributed by atoms with Crippen LogP contribution in [0.5, 0.6) is 0 Å². The summed E-state index contributed by atoms with van der Waals surface area (Å²) in [4.78, 5) is 27.3. The van der Waals surface area contributed by atoms with Gasteiger partial charge in [-0.2, -0.15) is 0 Å². The molecule has 0 aliphatic carbocycles. The highest BCUT2D eigenvalue weighted by Gasteiger charge is 2.36. The van der Waals surface area contributed by atoms with Crippen LogP contribution in [0.3, 0.4) is 0 Å². The number of morpholine rings is 1. The number of likely N-dealkylation sites (tertiary alicyclic amines) is 1. The van der Waals surface area contributed by atoms with E-state index in [-0.39, 0.29) is 43.4 Å². The third kappa shape index (κ3) is 3.51. The van der Waals surface area contributed by atoms with Crippen molar-refractivity contribution in [3.8, 4) is 0 Å². The van der Waals surface area contributed by atoms with Gasteiger partial charge in [-0.05, 0) is 24.1 Å². The number of carbonyl (C=O) groups is 2. The minimum Gasteiger partial charge on any atom is -0.391 e. The van der Waals surface area contributed by atoms with E-state index in [1.165, 1.54) is 21.9 Å². The maximum absolute atomic E-state index is 13.4. The molecule has 2 aliphatic rings. The summed E-state index contributed by atoms with van der Waals surface area (Å²) in [6, 6.07) is 5.68. The molecule has 0 bridgehead atoms. The lowest BCUT2D eigenvalue weighted by Crippen LogP contribution is -2.48. The van der Waals surface area contributed by atoms with Crippen molar-refractivity contribution in [2.45, 2.75) is 18.6 Å². The lowest BCUT2D eigenvalue weighted by molar-refractivity contribution is -0.148. The molecule has 2 heterocycles. The van der Waals surface area contributed by atoms with Crippen molar-refractivity contribution in [3.63, 3.8) is 0 Å². The molecular formula is C16H19FN2O4. The molecule has 2 atom stereocenters. The smallest absolute Gasteiger partial charge is 0.249 e. The van der Waals surface area contributed by atoms with E-state index in [0.717, 1.165) is 0 Å². The Morgan fingerprint density at radius 2 is 2.26 bits per heavy atom. The number of hydrogen-bond acceptors (Lipinski definition) is 4. The largest absolute Gasteiger partial charge is 0.391 e. The second-order valence-electron chi connectivity index (χ2n) is 5.87. The molecule has 2 saturated heterocycles. The van der Waals surface area contributed by atoms with Gasteiger partial charge in [0.05, 0.1) is 25.3 Å². The molecule has 6 nitrogen and oxygen atoms in total. The first-order valence-corrected chi connectivity index (χ1v) is 7.63. The molecule has 23 heavy (non-hydrogen) atoms. The Morgan fingerprint density at radius 3 is 3.00 bits per heavy atom. The zero-order chi connectivity index (χ0) is 16.4. The Bertz CT molecular complexity index is 609. The number of halogens is 1. The lowest BCUT2D eigenvalue weighted by Gasteiger charge is -2.30. The SMILES string of the molecule is O=C1COCCN1CC(=O)N1CC(O)CC1c1cccc(F)c1. The summed E-state index contributed by atoms with van der Waals surface area (Å²) in [5.74, 6) is -0.836. The minimum absolute atomic E-state index is 0.0107. The minimum atomic E-state index is -0.646. The van der Waals surface area contributed by atoms with Gasteiger partial charge in [0.2, 0.25) is 11.8 Å². The molecule has 2 fully saturated rings. The molecule has 2 aliphatic heterocycles. The number of β-amino-alcohol motifs (C(OH)–C–C–N with tert-alkyl or cyclic N) is 1. The monoisotopic (exact) mass is 322 g/mol. The van der Waals surface area contributed by atoms with E-state index in [0.29, 0.717) is 25.1 Å². The Hall–Kier alpha value is -1.99. The average Bonchev–Trinajstić information content (AvgIpc) is 2.92. The summed E-state index contributed by atoms with van der Waals surface area (Å²) in [6.45, 7) is 0.934. The van der Waals surface area contributed by atoms with Gasteiger partial charge in [-0.25, -0.2) is 4.39 Å². The third-order valence-electron chi connectivity index (χ3n) is 4.24. The van der Waals surface area contributed by atoms with E-state index >= 15 is 0 Å². The number of amides is 2. The number of carbonyl (C=O) groups excluding carboxylic acids is 2. The summed E-state index contributed by atoms with van der Waals surface area (Å²) >= 11 is 0. The number of hydrogen-bond donors (Lipinski definition) is 1. The Kier molecular flexibility index (Phi) is 4.58. The van der Waals surface area contributed by atoms with Crippen molar-refractivity contribution < 1.29 is 23.8 Å². The van der Waals surface area contributed by atoms with Gasteiger partial charge >= 0.3 is 0 Å². The van der Waals surface area contributed by atoms with E-state index in [9.17, 15) is 19.1 Å². The molecule has 3 rings (SSSR count). The molecular weight excluding hydrogens is 303 g/mol. The van der Waals surface area contributed by atoms with Gasteiger partial charge in [-0.15, -0.1) is 0 Å². The zero-order valence-electron chi connectivity index (χ0n) is 12.7. The first kappa shape index (κ1) is 15.9. The Labute approximate surface area is 133 Å². The number of aliphatic hydroxyl groups excluding tert-OH is 1. The molecule has 0 saturated carbocycles. The van der Waals surface area contributed by atoms with Crippen LogP contribution >= 0.6 is 0 Å². The van der Waals surface area contributed by atoms with Crippen molar-refractivity contribution >= 4 is 11.8 Å². The highest BCUT2D eigenvalue weighted by Crippen LogP contribution is 2.32. The van der Waals surface area contributed by atoms with E-state index in [1.807, 2.05) is 0 Å². The zero-order valence-corrected chi connectivity index (χ0v) is 12.7. The van der Waals surface area contributed by atoms with Gasteiger partial charge in [0, 0.05) is 13.1 Å².